The summed E-state index contributed by atoms with van der Waals surface area (Å²) < 4.78 is 5.39. The van der Waals surface area contributed by atoms with E-state index in [0.717, 1.165) is 16.3 Å². The molecule has 3 heteroatoms. The van der Waals surface area contributed by atoms with E-state index in [1.54, 1.807) is 7.11 Å². The first-order valence-electron chi connectivity index (χ1n) is 5.56. The first kappa shape index (κ1) is 11.7. The van der Waals surface area contributed by atoms with E-state index in [1.807, 2.05) is 18.2 Å². The van der Waals surface area contributed by atoms with Crippen LogP contribution in [0.25, 0.3) is 0 Å². The maximum absolute atomic E-state index is 6.27. The van der Waals surface area contributed by atoms with Crippen LogP contribution in [0.4, 0.5) is 0 Å². The molecule has 2 nitrogen and oxygen atoms in total. The smallest absolute Gasteiger partial charge is 0.123 e. The van der Waals surface area contributed by atoms with E-state index in [9.17, 15) is 0 Å². The van der Waals surface area contributed by atoms with Crippen molar-refractivity contribution in [2.75, 3.05) is 13.7 Å². The molecule has 2 N–H and O–H groups in total. The monoisotopic (exact) mass is 239 g/mol. The number of hydrogen-bond acceptors (Lipinski definition) is 2. The maximum Gasteiger partial charge on any atom is 0.123 e. The molecule has 1 saturated carbocycles. The number of rotatable bonds is 3. The first-order chi connectivity index (χ1) is 7.54. The largest absolute Gasteiger partial charge is 0.496 e. The van der Waals surface area contributed by atoms with Gasteiger partial charge in [-0.15, -0.1) is 0 Å². The molecule has 1 aliphatic rings. The molecule has 0 spiro atoms. The topological polar surface area (TPSA) is 35.2 Å². The zero-order chi connectivity index (χ0) is 11.9. The summed E-state index contributed by atoms with van der Waals surface area (Å²) in [5, 5.41) is 0.786. The van der Waals surface area contributed by atoms with E-state index in [-0.39, 0.29) is 5.41 Å². The Bertz CT molecular complexity index is 403. The van der Waals surface area contributed by atoms with Crippen molar-refractivity contribution in [3.63, 3.8) is 0 Å². The number of benzene rings is 1. The highest BCUT2D eigenvalue weighted by Crippen LogP contribution is 2.66. The summed E-state index contributed by atoms with van der Waals surface area (Å²) in [5.74, 6) is 1.80. The van der Waals surface area contributed by atoms with Crippen molar-refractivity contribution in [1.82, 2.24) is 0 Å². The fourth-order valence-corrected chi connectivity index (χ4v) is 3.04. The molecule has 0 heterocycles. The van der Waals surface area contributed by atoms with Crippen LogP contribution in [0.5, 0.6) is 5.75 Å². The van der Waals surface area contributed by atoms with Gasteiger partial charge in [0.25, 0.3) is 0 Å². The Hall–Kier alpha value is -0.730. The van der Waals surface area contributed by atoms with Crippen molar-refractivity contribution in [2.45, 2.75) is 19.8 Å². The van der Waals surface area contributed by atoms with Crippen molar-refractivity contribution >= 4 is 11.6 Å². The highest BCUT2D eigenvalue weighted by atomic mass is 35.5. The Morgan fingerprint density at radius 3 is 2.62 bits per heavy atom. The number of ether oxygens (including phenoxy) is 1. The Morgan fingerprint density at radius 2 is 2.12 bits per heavy atom. The minimum Gasteiger partial charge on any atom is -0.496 e. The molecule has 1 aromatic rings. The van der Waals surface area contributed by atoms with Crippen molar-refractivity contribution in [2.24, 2.45) is 17.1 Å². The molecule has 0 amide bonds. The van der Waals surface area contributed by atoms with Gasteiger partial charge in [-0.1, -0.05) is 31.5 Å². The Balaban J connectivity index is 2.42. The predicted molar refractivity (Wildman–Crippen MR) is 67.1 cm³/mol. The van der Waals surface area contributed by atoms with Crippen molar-refractivity contribution in [1.29, 1.82) is 0 Å². The van der Waals surface area contributed by atoms with E-state index in [0.29, 0.717) is 18.4 Å². The van der Waals surface area contributed by atoms with Crippen LogP contribution in [0, 0.1) is 11.3 Å². The molecular formula is C13H18ClNO. The second-order valence-electron chi connectivity index (χ2n) is 5.00. The Kier molecular flexibility index (Phi) is 2.89. The van der Waals surface area contributed by atoms with Gasteiger partial charge in [0.2, 0.25) is 0 Å². The average molecular weight is 240 g/mol. The summed E-state index contributed by atoms with van der Waals surface area (Å²) in [6.45, 7) is 5.17. The molecular weight excluding hydrogens is 222 g/mol. The number of hydrogen-bond donors (Lipinski definition) is 1. The quantitative estimate of drug-likeness (QED) is 0.880. The fraction of sp³-hybridized carbons (Fsp3) is 0.538. The zero-order valence-electron chi connectivity index (χ0n) is 9.96. The molecule has 1 aliphatic carbocycles. The van der Waals surface area contributed by atoms with Crippen molar-refractivity contribution in [3.8, 4) is 5.75 Å². The predicted octanol–water partition coefficient (Wildman–Crippen LogP) is 3.05. The van der Waals surface area contributed by atoms with Crippen LogP contribution >= 0.6 is 11.6 Å². The lowest BCUT2D eigenvalue weighted by Gasteiger charge is -2.11. The second kappa shape index (κ2) is 3.94. The molecule has 2 atom stereocenters. The van der Waals surface area contributed by atoms with Gasteiger partial charge >= 0.3 is 0 Å². The lowest BCUT2D eigenvalue weighted by molar-refractivity contribution is 0.407. The van der Waals surface area contributed by atoms with E-state index in [1.165, 1.54) is 0 Å². The number of methoxy groups -OCH3 is 1. The van der Waals surface area contributed by atoms with Gasteiger partial charge in [-0.3, -0.25) is 0 Å². The normalized spacial score (nSPS) is 26.6. The van der Waals surface area contributed by atoms with Crippen LogP contribution in [0.1, 0.15) is 25.3 Å². The molecule has 1 fully saturated rings. The van der Waals surface area contributed by atoms with Crippen molar-refractivity contribution < 1.29 is 4.74 Å². The Morgan fingerprint density at radius 1 is 1.44 bits per heavy atom. The molecule has 0 unspecified atom stereocenters. The molecule has 88 valence electrons. The lowest BCUT2D eigenvalue weighted by Crippen LogP contribution is -2.05. The molecule has 0 aliphatic heterocycles. The van der Waals surface area contributed by atoms with Crippen LogP contribution in [-0.2, 0) is 0 Å². The molecule has 2 rings (SSSR count). The van der Waals surface area contributed by atoms with Gasteiger partial charge in [0.05, 0.1) is 7.11 Å². The van der Waals surface area contributed by atoms with Gasteiger partial charge < -0.3 is 10.5 Å². The third-order valence-corrected chi connectivity index (χ3v) is 4.18. The van der Waals surface area contributed by atoms with Gasteiger partial charge in [-0.2, -0.15) is 0 Å². The third kappa shape index (κ3) is 1.61. The molecule has 0 radical (unpaired) electrons. The lowest BCUT2D eigenvalue weighted by atomic mass is 10.0. The average Bonchev–Trinajstić information content (AvgIpc) is 2.79. The standard InChI is InChI=1S/C13H18ClNO/c1-13(2)8(7-15)12(13)11-9(14)5-4-6-10(11)16-3/h4-6,8,12H,7,15H2,1-3H3/t8-,12+/m1/s1. The van der Waals surface area contributed by atoms with Gasteiger partial charge in [-0.05, 0) is 35.9 Å². The number of halogens is 1. The van der Waals surface area contributed by atoms with E-state index in [2.05, 4.69) is 13.8 Å². The summed E-state index contributed by atoms with van der Waals surface area (Å²) in [4.78, 5) is 0. The first-order valence-corrected chi connectivity index (χ1v) is 5.94. The highest BCUT2D eigenvalue weighted by molar-refractivity contribution is 6.31. The molecule has 1 aromatic carbocycles. The Labute approximate surface area is 102 Å². The van der Waals surface area contributed by atoms with Gasteiger partial charge in [0.15, 0.2) is 0 Å². The molecule has 16 heavy (non-hydrogen) atoms. The van der Waals surface area contributed by atoms with Crippen LogP contribution in [0.3, 0.4) is 0 Å². The SMILES string of the molecule is COc1cccc(Cl)c1[C@@H]1[C@@H](CN)C1(C)C. The fourth-order valence-electron chi connectivity index (χ4n) is 2.75. The second-order valence-corrected chi connectivity index (χ2v) is 5.40. The summed E-state index contributed by atoms with van der Waals surface area (Å²) in [6.07, 6.45) is 0. The summed E-state index contributed by atoms with van der Waals surface area (Å²) in [5.41, 5.74) is 7.14. The summed E-state index contributed by atoms with van der Waals surface area (Å²) in [7, 11) is 1.68. The summed E-state index contributed by atoms with van der Waals surface area (Å²) in [6, 6.07) is 5.79. The number of nitrogens with two attached hydrogens (primary N) is 1. The van der Waals surface area contributed by atoms with Crippen molar-refractivity contribution in [3.05, 3.63) is 28.8 Å². The minimum absolute atomic E-state index is 0.229. The van der Waals surface area contributed by atoms with E-state index >= 15 is 0 Å². The maximum atomic E-state index is 6.27. The zero-order valence-corrected chi connectivity index (χ0v) is 10.7. The van der Waals surface area contributed by atoms with Crippen LogP contribution in [0.15, 0.2) is 18.2 Å². The highest BCUT2D eigenvalue weighted by Gasteiger charge is 2.58. The van der Waals surface area contributed by atoms with Crippen LogP contribution in [-0.4, -0.2) is 13.7 Å². The van der Waals surface area contributed by atoms with Crippen LogP contribution < -0.4 is 10.5 Å². The van der Waals surface area contributed by atoms with Gasteiger partial charge in [-0.25, -0.2) is 0 Å². The van der Waals surface area contributed by atoms with E-state index in [4.69, 9.17) is 22.1 Å². The van der Waals surface area contributed by atoms with Gasteiger partial charge in [0.1, 0.15) is 5.75 Å². The van der Waals surface area contributed by atoms with Crippen LogP contribution in [0.2, 0.25) is 5.02 Å². The third-order valence-electron chi connectivity index (χ3n) is 3.85. The molecule has 0 saturated heterocycles. The minimum atomic E-state index is 0.229. The van der Waals surface area contributed by atoms with Gasteiger partial charge in [0, 0.05) is 10.6 Å². The molecule has 0 aromatic heterocycles. The summed E-state index contributed by atoms with van der Waals surface area (Å²) >= 11 is 6.27. The molecule has 0 bridgehead atoms. The van der Waals surface area contributed by atoms with E-state index < -0.39 is 0 Å².